The lowest BCUT2D eigenvalue weighted by Crippen LogP contribution is -2.15. The average Bonchev–Trinajstić information content (AvgIpc) is 2.49. The summed E-state index contributed by atoms with van der Waals surface area (Å²) >= 11 is 0. The van der Waals surface area contributed by atoms with Gasteiger partial charge in [0.25, 0.3) is 0 Å². The Labute approximate surface area is 79.4 Å². The quantitative estimate of drug-likeness (QED) is 0.708. The lowest BCUT2D eigenvalue weighted by molar-refractivity contribution is -0.139. The molecule has 0 radical (unpaired) electrons. The fourth-order valence-electron chi connectivity index (χ4n) is 1.93. The molecule has 1 aliphatic carbocycles. The van der Waals surface area contributed by atoms with Gasteiger partial charge in [-0.25, -0.2) is 0 Å². The number of alkyl halides is 3. The van der Waals surface area contributed by atoms with E-state index in [1.54, 1.807) is 0 Å². The number of hydrogen-bond acceptors (Lipinski definition) is 1. The van der Waals surface area contributed by atoms with Gasteiger partial charge in [-0.3, -0.25) is 4.79 Å². The zero-order chi connectivity index (χ0) is 11.3. The van der Waals surface area contributed by atoms with Crippen LogP contribution in [0.4, 0.5) is 13.2 Å². The van der Waals surface area contributed by atoms with Crippen LogP contribution in [-0.4, -0.2) is 17.3 Å². The van der Waals surface area contributed by atoms with Crippen LogP contribution in [0.5, 0.6) is 0 Å². The van der Waals surface area contributed by atoms with Gasteiger partial charge in [0.05, 0.1) is 5.92 Å². The number of allylic oxidation sites excluding steroid dienone is 1. The highest BCUT2D eigenvalue weighted by Gasteiger charge is 2.66. The van der Waals surface area contributed by atoms with Crippen molar-refractivity contribution in [2.24, 2.45) is 17.3 Å². The first-order chi connectivity index (χ1) is 6.10. The van der Waals surface area contributed by atoms with Gasteiger partial charge in [0, 0.05) is 11.5 Å². The van der Waals surface area contributed by atoms with Gasteiger partial charge in [0.2, 0.25) is 0 Å². The van der Waals surface area contributed by atoms with Crippen molar-refractivity contribution in [3.05, 3.63) is 12.2 Å². The molecule has 0 amide bonds. The maximum Gasteiger partial charge on any atom is 0.412 e. The second-order valence-corrected chi connectivity index (χ2v) is 4.14. The predicted molar refractivity (Wildman–Crippen MR) is 43.6 cm³/mol. The lowest BCUT2D eigenvalue weighted by Gasteiger charge is -2.10. The second-order valence-electron chi connectivity index (χ2n) is 4.14. The molecule has 2 nitrogen and oxygen atoms in total. The summed E-state index contributed by atoms with van der Waals surface area (Å²) in [6.45, 7) is 5.94. The first-order valence-corrected chi connectivity index (χ1v) is 4.09. The molecule has 0 heterocycles. The van der Waals surface area contributed by atoms with E-state index in [0.29, 0.717) is 0 Å². The van der Waals surface area contributed by atoms with E-state index in [4.69, 9.17) is 5.11 Å². The SMILES string of the molecule is C=C(C1C(C(=O)O)C1(C)C)C(F)(F)F. The van der Waals surface area contributed by atoms with E-state index in [1.807, 2.05) is 0 Å². The van der Waals surface area contributed by atoms with Crippen LogP contribution in [0, 0.1) is 17.3 Å². The summed E-state index contributed by atoms with van der Waals surface area (Å²) in [5.41, 5.74) is -1.77. The van der Waals surface area contributed by atoms with Gasteiger partial charge in [-0.1, -0.05) is 20.4 Å². The molecule has 2 atom stereocenters. The number of carboxylic acid groups (broad SMARTS) is 1. The monoisotopic (exact) mass is 208 g/mol. The third-order valence-corrected chi connectivity index (χ3v) is 2.83. The van der Waals surface area contributed by atoms with Gasteiger partial charge in [-0.05, 0) is 5.41 Å². The van der Waals surface area contributed by atoms with Crippen molar-refractivity contribution in [3.8, 4) is 0 Å². The maximum absolute atomic E-state index is 12.2. The molecule has 0 aromatic heterocycles. The van der Waals surface area contributed by atoms with Crippen LogP contribution in [-0.2, 0) is 4.79 Å². The molecule has 0 aliphatic heterocycles. The van der Waals surface area contributed by atoms with Crippen molar-refractivity contribution in [1.29, 1.82) is 0 Å². The van der Waals surface area contributed by atoms with E-state index < -0.39 is 35.0 Å². The molecule has 5 heteroatoms. The van der Waals surface area contributed by atoms with Crippen LogP contribution in [0.1, 0.15) is 13.8 Å². The normalized spacial score (nSPS) is 29.8. The summed E-state index contributed by atoms with van der Waals surface area (Å²) in [5, 5.41) is 8.67. The highest BCUT2D eigenvalue weighted by Crippen LogP contribution is 2.63. The molecule has 0 spiro atoms. The molecule has 1 N–H and O–H groups in total. The molecule has 2 unspecified atom stereocenters. The highest BCUT2D eigenvalue weighted by molar-refractivity contribution is 5.76. The molecule has 0 aromatic carbocycles. The van der Waals surface area contributed by atoms with Gasteiger partial charge < -0.3 is 5.11 Å². The minimum absolute atomic E-state index is 0.835. The predicted octanol–water partition coefficient (Wildman–Crippen LogP) is 2.46. The molecule has 14 heavy (non-hydrogen) atoms. The maximum atomic E-state index is 12.2. The van der Waals surface area contributed by atoms with Gasteiger partial charge in [-0.2, -0.15) is 13.2 Å². The molecule has 0 saturated heterocycles. The molecular weight excluding hydrogens is 197 g/mol. The van der Waals surface area contributed by atoms with Gasteiger partial charge >= 0.3 is 12.1 Å². The Kier molecular flexibility index (Phi) is 2.17. The van der Waals surface area contributed by atoms with Crippen molar-refractivity contribution < 1.29 is 23.1 Å². The van der Waals surface area contributed by atoms with Gasteiger partial charge in [-0.15, -0.1) is 0 Å². The topological polar surface area (TPSA) is 37.3 Å². The van der Waals surface area contributed by atoms with Crippen LogP contribution >= 0.6 is 0 Å². The van der Waals surface area contributed by atoms with Crippen LogP contribution < -0.4 is 0 Å². The van der Waals surface area contributed by atoms with Gasteiger partial charge in [0.1, 0.15) is 0 Å². The van der Waals surface area contributed by atoms with Crippen molar-refractivity contribution in [2.75, 3.05) is 0 Å². The minimum atomic E-state index is -4.49. The highest BCUT2D eigenvalue weighted by atomic mass is 19.4. The molecule has 80 valence electrons. The van der Waals surface area contributed by atoms with Crippen molar-refractivity contribution in [3.63, 3.8) is 0 Å². The van der Waals surface area contributed by atoms with Crippen molar-refractivity contribution >= 4 is 5.97 Å². The molecule has 1 fully saturated rings. The standard InChI is InChI=1S/C9H11F3O2/c1-4(9(10,11)12)5-6(7(13)14)8(5,2)3/h5-6H,1H2,2-3H3,(H,13,14). The zero-order valence-electron chi connectivity index (χ0n) is 7.85. The van der Waals surface area contributed by atoms with Crippen LogP contribution in [0.25, 0.3) is 0 Å². The summed E-state index contributed by atoms with van der Waals surface area (Å²) in [4.78, 5) is 10.6. The Morgan fingerprint density at radius 1 is 1.36 bits per heavy atom. The molecule has 1 rings (SSSR count). The van der Waals surface area contributed by atoms with Crippen LogP contribution in [0.3, 0.4) is 0 Å². The molecule has 0 bridgehead atoms. The number of carboxylic acids is 1. The summed E-state index contributed by atoms with van der Waals surface area (Å²) in [6.07, 6.45) is -4.49. The Balaban J connectivity index is 2.85. The van der Waals surface area contributed by atoms with E-state index in [2.05, 4.69) is 6.58 Å². The Morgan fingerprint density at radius 3 is 2.00 bits per heavy atom. The van der Waals surface area contributed by atoms with Crippen molar-refractivity contribution in [1.82, 2.24) is 0 Å². The molecule has 0 aromatic rings. The van der Waals surface area contributed by atoms with E-state index in [9.17, 15) is 18.0 Å². The third-order valence-electron chi connectivity index (χ3n) is 2.83. The molecule has 1 aliphatic rings. The average molecular weight is 208 g/mol. The summed E-state index contributed by atoms with van der Waals surface area (Å²) < 4.78 is 36.7. The fourth-order valence-corrected chi connectivity index (χ4v) is 1.93. The number of aliphatic carboxylic acids is 1. The zero-order valence-corrected chi connectivity index (χ0v) is 7.85. The summed E-state index contributed by atoms with van der Waals surface area (Å²) in [6, 6.07) is 0. The van der Waals surface area contributed by atoms with Crippen LogP contribution in [0.2, 0.25) is 0 Å². The summed E-state index contributed by atoms with van der Waals surface area (Å²) in [5.74, 6) is -3.14. The smallest absolute Gasteiger partial charge is 0.412 e. The van der Waals surface area contributed by atoms with E-state index >= 15 is 0 Å². The number of halogens is 3. The Hall–Kier alpha value is -1.00. The lowest BCUT2D eigenvalue weighted by atomic mass is 10.0. The first-order valence-electron chi connectivity index (χ1n) is 4.09. The Morgan fingerprint density at radius 2 is 1.79 bits per heavy atom. The Bertz CT molecular complexity index is 291. The second kappa shape index (κ2) is 2.74. The largest absolute Gasteiger partial charge is 0.481 e. The van der Waals surface area contributed by atoms with Crippen LogP contribution in [0.15, 0.2) is 12.2 Å². The third kappa shape index (κ3) is 1.51. The fraction of sp³-hybridized carbons (Fsp3) is 0.667. The summed E-state index contributed by atoms with van der Waals surface area (Å²) in [7, 11) is 0. The van der Waals surface area contributed by atoms with E-state index in [1.165, 1.54) is 13.8 Å². The molecule has 1 saturated carbocycles. The number of carbonyl (C=O) groups is 1. The minimum Gasteiger partial charge on any atom is -0.481 e. The van der Waals surface area contributed by atoms with E-state index in [0.717, 1.165) is 0 Å². The van der Waals surface area contributed by atoms with Gasteiger partial charge in [0.15, 0.2) is 0 Å². The number of hydrogen-bond donors (Lipinski definition) is 1. The van der Waals surface area contributed by atoms with Crippen molar-refractivity contribution in [2.45, 2.75) is 20.0 Å². The molecular formula is C9H11F3O2. The van der Waals surface area contributed by atoms with E-state index in [-0.39, 0.29) is 0 Å². The number of rotatable bonds is 2. The first kappa shape index (κ1) is 11.1.